The maximum absolute atomic E-state index is 12.8. The Morgan fingerprint density at radius 2 is 2.18 bits per heavy atom. The molecular formula is C25H27ClN6O2. The van der Waals surface area contributed by atoms with Gasteiger partial charge >= 0.3 is 0 Å². The maximum Gasteiger partial charge on any atom is 0.261 e. The van der Waals surface area contributed by atoms with E-state index < -0.39 is 6.10 Å². The summed E-state index contributed by atoms with van der Waals surface area (Å²) in [5, 5.41) is 14.3. The van der Waals surface area contributed by atoms with E-state index in [9.17, 15) is 9.90 Å². The van der Waals surface area contributed by atoms with Crippen molar-refractivity contribution < 1.29 is 5.11 Å². The molecule has 0 bridgehead atoms. The summed E-state index contributed by atoms with van der Waals surface area (Å²) >= 11 is 6.04. The van der Waals surface area contributed by atoms with Crippen LogP contribution in [-0.4, -0.2) is 45.7 Å². The lowest BCUT2D eigenvalue weighted by molar-refractivity contribution is 0.191. The third-order valence-corrected chi connectivity index (χ3v) is 6.50. The van der Waals surface area contributed by atoms with E-state index >= 15 is 0 Å². The maximum atomic E-state index is 12.8. The third kappa shape index (κ3) is 4.40. The number of aryl methyl sites for hydroxylation is 1. The fourth-order valence-electron chi connectivity index (χ4n) is 4.49. The van der Waals surface area contributed by atoms with Crippen LogP contribution < -0.4 is 21.5 Å². The van der Waals surface area contributed by atoms with Crippen molar-refractivity contribution in [1.29, 1.82) is 0 Å². The second kappa shape index (κ2) is 9.13. The van der Waals surface area contributed by atoms with Gasteiger partial charge in [-0.1, -0.05) is 23.7 Å². The van der Waals surface area contributed by atoms with Gasteiger partial charge in [0.2, 0.25) is 0 Å². The lowest BCUT2D eigenvalue weighted by Crippen LogP contribution is -2.26. The number of nitrogens with two attached hydrogens (primary N) is 1. The number of fused-ring (bicyclic) bond motifs is 1. The Kier molecular flexibility index (Phi) is 6.03. The van der Waals surface area contributed by atoms with Crippen LogP contribution in [0.25, 0.3) is 22.4 Å². The molecule has 5 rings (SSSR count). The third-order valence-electron chi connectivity index (χ3n) is 6.27. The second-order valence-electron chi connectivity index (χ2n) is 8.79. The topological polar surface area (TPSA) is 123 Å². The summed E-state index contributed by atoms with van der Waals surface area (Å²) in [6.45, 7) is 3.97. The average Bonchev–Trinajstić information content (AvgIpc) is 3.44. The van der Waals surface area contributed by atoms with Gasteiger partial charge in [0.15, 0.2) is 0 Å². The molecule has 0 unspecified atom stereocenters. The van der Waals surface area contributed by atoms with Crippen molar-refractivity contribution in [1.82, 2.24) is 15.0 Å². The van der Waals surface area contributed by atoms with Crippen LogP contribution in [0.1, 0.15) is 23.7 Å². The normalized spacial score (nSPS) is 16.8. The van der Waals surface area contributed by atoms with Gasteiger partial charge in [0.25, 0.3) is 5.56 Å². The van der Waals surface area contributed by atoms with Crippen LogP contribution in [0.5, 0.6) is 0 Å². The number of halogens is 1. The highest BCUT2D eigenvalue weighted by molar-refractivity contribution is 6.30. The molecule has 0 amide bonds. The fourth-order valence-corrected chi connectivity index (χ4v) is 4.69. The Morgan fingerprint density at radius 1 is 1.32 bits per heavy atom. The minimum atomic E-state index is -0.793. The van der Waals surface area contributed by atoms with Gasteiger partial charge in [-0.15, -0.1) is 0 Å². The zero-order valence-electron chi connectivity index (χ0n) is 18.8. The molecule has 1 fully saturated rings. The summed E-state index contributed by atoms with van der Waals surface area (Å²) in [7, 11) is 0. The molecule has 0 saturated carbocycles. The lowest BCUT2D eigenvalue weighted by Gasteiger charge is -2.18. The van der Waals surface area contributed by atoms with E-state index in [-0.39, 0.29) is 18.1 Å². The lowest BCUT2D eigenvalue weighted by atomic mass is 10.1. The van der Waals surface area contributed by atoms with Gasteiger partial charge in [-0.25, -0.2) is 4.98 Å². The first-order valence-corrected chi connectivity index (χ1v) is 11.7. The van der Waals surface area contributed by atoms with Crippen molar-refractivity contribution in [2.75, 3.05) is 29.9 Å². The number of anilines is 2. The SMILES string of the molecule is Cc1cc(N2CC[C@@H](N)C2)cc2[nH]c(-c3c(NC[C@@H](O)c4cccc(Cl)c4)cc[nH]c3=O)nc12. The van der Waals surface area contributed by atoms with E-state index in [2.05, 4.69) is 32.3 Å². The highest BCUT2D eigenvalue weighted by atomic mass is 35.5. The van der Waals surface area contributed by atoms with Crippen LogP contribution in [0.15, 0.2) is 53.5 Å². The minimum absolute atomic E-state index is 0.187. The van der Waals surface area contributed by atoms with Crippen LogP contribution in [0.2, 0.25) is 5.02 Å². The summed E-state index contributed by atoms with van der Waals surface area (Å²) in [5.41, 5.74) is 11.3. The summed E-state index contributed by atoms with van der Waals surface area (Å²) in [4.78, 5) is 25.9. The number of pyridine rings is 1. The van der Waals surface area contributed by atoms with Gasteiger partial charge in [-0.2, -0.15) is 0 Å². The Labute approximate surface area is 201 Å². The molecule has 2 atom stereocenters. The van der Waals surface area contributed by atoms with Gasteiger partial charge < -0.3 is 31.0 Å². The number of hydrogen-bond donors (Lipinski definition) is 5. The molecular weight excluding hydrogens is 452 g/mol. The monoisotopic (exact) mass is 478 g/mol. The molecule has 2 aromatic carbocycles. The summed E-state index contributed by atoms with van der Waals surface area (Å²) in [6.07, 6.45) is 1.75. The zero-order chi connectivity index (χ0) is 23.8. The number of imidazole rings is 1. The van der Waals surface area contributed by atoms with Crippen molar-refractivity contribution in [3.63, 3.8) is 0 Å². The number of aliphatic hydroxyl groups excluding tert-OH is 1. The van der Waals surface area contributed by atoms with Gasteiger partial charge in [-0.05, 0) is 54.8 Å². The standard InChI is InChI=1S/C25H27ClN6O2/c1-14-9-18(32-8-6-17(27)13-32)11-20-23(14)31-24(30-20)22-19(5-7-28-25(22)34)29-12-21(33)15-3-2-4-16(26)10-15/h2-5,7,9-11,17,21,33H,6,8,12-13,27H2,1H3,(H,30,31)(H2,28,29,34)/t17-,21-/m1/s1. The van der Waals surface area contributed by atoms with Crippen molar-refractivity contribution >= 4 is 34.0 Å². The molecule has 1 aliphatic heterocycles. The van der Waals surface area contributed by atoms with Crippen LogP contribution in [0.3, 0.4) is 0 Å². The first-order chi connectivity index (χ1) is 16.4. The number of aromatic amines is 2. The molecule has 0 aliphatic carbocycles. The first kappa shape index (κ1) is 22.5. The van der Waals surface area contributed by atoms with E-state index in [1.807, 2.05) is 13.0 Å². The second-order valence-corrected chi connectivity index (χ2v) is 9.22. The van der Waals surface area contributed by atoms with Gasteiger partial charge in [0, 0.05) is 42.6 Å². The molecule has 0 spiro atoms. The number of rotatable bonds is 6. The van der Waals surface area contributed by atoms with Crippen molar-refractivity contribution in [2.45, 2.75) is 25.5 Å². The van der Waals surface area contributed by atoms with Crippen LogP contribution >= 0.6 is 11.6 Å². The largest absolute Gasteiger partial charge is 0.387 e. The van der Waals surface area contributed by atoms with Crippen LogP contribution in [-0.2, 0) is 0 Å². The predicted molar refractivity (Wildman–Crippen MR) is 137 cm³/mol. The van der Waals surface area contributed by atoms with Crippen LogP contribution in [0.4, 0.5) is 11.4 Å². The molecule has 2 aromatic heterocycles. The van der Waals surface area contributed by atoms with Gasteiger partial charge in [0.05, 0.1) is 22.8 Å². The molecule has 1 aliphatic rings. The average molecular weight is 479 g/mol. The van der Waals surface area contributed by atoms with E-state index in [1.165, 1.54) is 0 Å². The first-order valence-electron chi connectivity index (χ1n) is 11.3. The van der Waals surface area contributed by atoms with E-state index in [0.29, 0.717) is 27.7 Å². The summed E-state index contributed by atoms with van der Waals surface area (Å²) in [5.74, 6) is 0.468. The highest BCUT2D eigenvalue weighted by Gasteiger charge is 2.22. The Morgan fingerprint density at radius 3 is 2.94 bits per heavy atom. The molecule has 8 nitrogen and oxygen atoms in total. The van der Waals surface area contributed by atoms with Crippen LogP contribution in [0, 0.1) is 6.92 Å². The Bertz CT molecular complexity index is 1400. The molecule has 4 aromatic rings. The van der Waals surface area contributed by atoms with Crippen molar-refractivity contribution in [3.8, 4) is 11.4 Å². The molecule has 34 heavy (non-hydrogen) atoms. The number of benzene rings is 2. The number of nitrogens with zero attached hydrogens (tertiary/aromatic N) is 2. The Hall–Kier alpha value is -3.33. The van der Waals surface area contributed by atoms with Crippen molar-refractivity contribution in [3.05, 3.63) is 75.2 Å². The number of aromatic nitrogens is 3. The van der Waals surface area contributed by atoms with Gasteiger partial charge in [0.1, 0.15) is 11.4 Å². The summed E-state index contributed by atoms with van der Waals surface area (Å²) in [6, 6.07) is 13.2. The molecule has 176 valence electrons. The number of aliphatic hydroxyl groups is 1. The summed E-state index contributed by atoms with van der Waals surface area (Å²) < 4.78 is 0. The van der Waals surface area contributed by atoms with Crippen molar-refractivity contribution in [2.24, 2.45) is 5.73 Å². The molecule has 0 radical (unpaired) electrons. The molecule has 6 N–H and O–H groups in total. The Balaban J connectivity index is 1.46. The zero-order valence-corrected chi connectivity index (χ0v) is 19.6. The van der Waals surface area contributed by atoms with E-state index in [1.54, 1.807) is 30.5 Å². The number of nitrogens with one attached hydrogen (secondary N) is 3. The molecule has 3 heterocycles. The number of H-pyrrole nitrogens is 2. The van der Waals surface area contributed by atoms with E-state index in [4.69, 9.17) is 22.3 Å². The predicted octanol–water partition coefficient (Wildman–Crippen LogP) is 3.56. The minimum Gasteiger partial charge on any atom is -0.387 e. The number of hydrogen-bond acceptors (Lipinski definition) is 6. The molecule has 9 heteroatoms. The van der Waals surface area contributed by atoms with E-state index in [0.717, 1.165) is 41.8 Å². The smallest absolute Gasteiger partial charge is 0.261 e. The van der Waals surface area contributed by atoms with Gasteiger partial charge in [-0.3, -0.25) is 4.79 Å². The molecule has 1 saturated heterocycles. The fraction of sp³-hybridized carbons (Fsp3) is 0.280. The highest BCUT2D eigenvalue weighted by Crippen LogP contribution is 2.30. The quantitative estimate of drug-likeness (QED) is 0.289.